The second-order valence-corrected chi connectivity index (χ2v) is 4.54. The van der Waals surface area contributed by atoms with E-state index in [1.54, 1.807) is 0 Å². The van der Waals surface area contributed by atoms with Gasteiger partial charge < -0.3 is 0 Å². The number of rotatable bonds is 3. The van der Waals surface area contributed by atoms with Gasteiger partial charge in [0.05, 0.1) is 5.56 Å². The van der Waals surface area contributed by atoms with Gasteiger partial charge in [-0.2, -0.15) is 13.2 Å². The highest BCUT2D eigenvalue weighted by Crippen LogP contribution is 2.29. The maximum atomic E-state index is 12.7. The predicted molar refractivity (Wildman–Crippen MR) is 74.6 cm³/mol. The van der Waals surface area contributed by atoms with E-state index in [0.717, 1.165) is 16.7 Å². The van der Waals surface area contributed by atoms with E-state index in [-0.39, 0.29) is 11.3 Å². The number of carbonyl (C=O) groups excluding carboxylic acids is 1. The molecule has 0 saturated carbocycles. The molecule has 2 rings (SSSR count). The lowest BCUT2D eigenvalue weighted by molar-refractivity contribution is -0.137. The largest absolute Gasteiger partial charge is 0.446 e. The van der Waals surface area contributed by atoms with E-state index in [0.29, 0.717) is 6.07 Å². The Labute approximate surface area is 127 Å². The summed E-state index contributed by atoms with van der Waals surface area (Å²) in [5, 5.41) is 4.56. The second-order valence-electron chi connectivity index (χ2n) is 4.29. The number of alkyl halides is 3. The Morgan fingerprint density at radius 1 is 1.41 bits per heavy atom. The fraction of sp³-hybridized carbons (Fsp3) is 0.154. The molecule has 0 atom stereocenters. The molecule has 5 nitrogen and oxygen atoms in total. The van der Waals surface area contributed by atoms with E-state index in [9.17, 15) is 22.8 Å². The van der Waals surface area contributed by atoms with Gasteiger partial charge in [0, 0.05) is 11.3 Å². The lowest BCUT2D eigenvalue weighted by Crippen LogP contribution is -2.19. The third-order valence-corrected chi connectivity index (χ3v) is 3.17. The summed E-state index contributed by atoms with van der Waals surface area (Å²) in [6.45, 7) is 1.47. The van der Waals surface area contributed by atoms with Crippen molar-refractivity contribution in [2.45, 2.75) is 13.1 Å². The summed E-state index contributed by atoms with van der Waals surface area (Å²) in [6, 6.07) is 3.82. The average molecular weight is 330 g/mol. The van der Waals surface area contributed by atoms with Gasteiger partial charge in [0.25, 0.3) is 0 Å². The van der Waals surface area contributed by atoms with Crippen molar-refractivity contribution in [3.63, 3.8) is 0 Å². The number of allylic oxidation sites excluding steroid dienone is 1. The smallest absolute Gasteiger partial charge is 0.295 e. The zero-order valence-corrected chi connectivity index (χ0v) is 12.0. The van der Waals surface area contributed by atoms with Crippen LogP contribution in [0, 0.1) is 0 Å². The van der Waals surface area contributed by atoms with Gasteiger partial charge in [-0.25, -0.2) is 9.36 Å². The van der Waals surface area contributed by atoms with Crippen molar-refractivity contribution < 1.29 is 22.5 Å². The van der Waals surface area contributed by atoms with Gasteiger partial charge in [-0.05, 0) is 24.5 Å². The first-order chi connectivity index (χ1) is 10.3. The number of nitrogens with zero attached hydrogens (tertiary/aromatic N) is 2. The fourth-order valence-corrected chi connectivity index (χ4v) is 1.84. The van der Waals surface area contributed by atoms with Crippen molar-refractivity contribution in [3.8, 4) is 0 Å². The lowest BCUT2D eigenvalue weighted by atomic mass is 10.1. The molecular weight excluding hydrogens is 321 g/mol. The number of thiol groups is 1. The molecule has 0 aliphatic heterocycles. The molecule has 0 radical (unpaired) electrons. The zero-order valence-electron chi connectivity index (χ0n) is 11.1. The van der Waals surface area contributed by atoms with E-state index < -0.39 is 29.1 Å². The monoisotopic (exact) mass is 330 g/mol. The number of halogens is 3. The molecule has 0 N–H and O–H groups in total. The van der Waals surface area contributed by atoms with Gasteiger partial charge in [-0.1, -0.05) is 17.3 Å². The van der Waals surface area contributed by atoms with Gasteiger partial charge in [0.2, 0.25) is 11.6 Å². The molecular formula is C13H9F3N2O3S. The fourth-order valence-electron chi connectivity index (χ4n) is 1.73. The Hall–Kier alpha value is -2.29. The zero-order chi connectivity index (χ0) is 16.5. The molecule has 9 heteroatoms. The van der Waals surface area contributed by atoms with Crippen LogP contribution < -0.4 is 5.76 Å². The molecule has 116 valence electrons. The molecule has 1 heterocycles. The normalized spacial score (nSPS) is 12.5. The van der Waals surface area contributed by atoms with Crippen molar-refractivity contribution in [2.75, 3.05) is 0 Å². The summed E-state index contributed by atoms with van der Waals surface area (Å²) in [6.07, 6.45) is -4.58. The van der Waals surface area contributed by atoms with Crippen LogP contribution in [0.4, 0.5) is 13.2 Å². The molecule has 0 aliphatic rings. The highest BCUT2D eigenvalue weighted by Gasteiger charge is 2.31. The van der Waals surface area contributed by atoms with Crippen LogP contribution >= 0.6 is 12.6 Å². The molecule has 2 aromatic rings. The van der Waals surface area contributed by atoms with Crippen molar-refractivity contribution in [2.24, 2.45) is 0 Å². The summed E-state index contributed by atoms with van der Waals surface area (Å²) in [4.78, 5) is 23.8. The highest BCUT2D eigenvalue weighted by molar-refractivity contribution is 7.83. The first kappa shape index (κ1) is 16.1. The summed E-state index contributed by atoms with van der Waals surface area (Å²) in [5.41, 5.74) is -0.994. The Morgan fingerprint density at radius 2 is 2.09 bits per heavy atom. The van der Waals surface area contributed by atoms with Crippen LogP contribution in [-0.4, -0.2) is 15.5 Å². The van der Waals surface area contributed by atoms with Crippen molar-refractivity contribution in [1.29, 1.82) is 0 Å². The Morgan fingerprint density at radius 3 is 2.68 bits per heavy atom. The van der Waals surface area contributed by atoms with E-state index >= 15 is 0 Å². The topological polar surface area (TPSA) is 65.1 Å². The number of benzene rings is 1. The van der Waals surface area contributed by atoms with E-state index in [1.165, 1.54) is 18.4 Å². The Kier molecular flexibility index (Phi) is 4.27. The maximum Gasteiger partial charge on any atom is 0.446 e. The van der Waals surface area contributed by atoms with E-state index in [1.807, 2.05) is 0 Å². The third kappa shape index (κ3) is 2.98. The minimum Gasteiger partial charge on any atom is -0.295 e. The lowest BCUT2D eigenvalue weighted by Gasteiger charge is -2.08. The van der Waals surface area contributed by atoms with Crippen molar-refractivity contribution in [1.82, 2.24) is 9.72 Å². The van der Waals surface area contributed by atoms with Crippen LogP contribution in [0.5, 0.6) is 0 Å². The molecule has 0 saturated heterocycles. The van der Waals surface area contributed by atoms with Gasteiger partial charge in [-0.15, -0.1) is 12.6 Å². The van der Waals surface area contributed by atoms with Crippen LogP contribution in [-0.2, 0) is 6.18 Å². The summed E-state index contributed by atoms with van der Waals surface area (Å²) in [7, 11) is 0. The van der Waals surface area contributed by atoms with Gasteiger partial charge in [0.1, 0.15) is 0 Å². The Bertz CT molecular complexity index is 805. The van der Waals surface area contributed by atoms with Crippen LogP contribution in [0.2, 0.25) is 0 Å². The SMILES string of the molecule is C/C(=C/S)n1c(C(=O)c2cccc(C(F)(F)F)c2)noc1=O. The molecule has 0 fully saturated rings. The van der Waals surface area contributed by atoms with Crippen LogP contribution in [0.1, 0.15) is 28.7 Å². The number of hydrogen-bond acceptors (Lipinski definition) is 5. The highest BCUT2D eigenvalue weighted by atomic mass is 32.1. The maximum absolute atomic E-state index is 12.7. The van der Waals surface area contributed by atoms with Crippen molar-refractivity contribution >= 4 is 24.1 Å². The second kappa shape index (κ2) is 5.84. The predicted octanol–water partition coefficient (Wildman–Crippen LogP) is 2.83. The third-order valence-electron chi connectivity index (χ3n) is 2.80. The van der Waals surface area contributed by atoms with Crippen LogP contribution in [0.3, 0.4) is 0 Å². The first-order valence-corrected chi connectivity index (χ1v) is 6.39. The molecule has 0 aliphatic carbocycles. The van der Waals surface area contributed by atoms with E-state index in [2.05, 4.69) is 22.3 Å². The van der Waals surface area contributed by atoms with Crippen LogP contribution in [0.15, 0.2) is 39.0 Å². The standard InChI is InChI=1S/C13H9F3N2O3S/c1-7(6-22)18-11(17-21-12(18)20)10(19)8-3-2-4-9(5-8)13(14,15)16/h2-6,22H,1H3/b7-6-. The minimum absolute atomic E-state index is 0.241. The number of ketones is 1. The van der Waals surface area contributed by atoms with Crippen LogP contribution in [0.25, 0.3) is 5.70 Å². The Balaban J connectivity index is 2.53. The average Bonchev–Trinajstić information content (AvgIpc) is 2.86. The van der Waals surface area contributed by atoms with Crippen molar-refractivity contribution in [3.05, 3.63) is 57.2 Å². The summed E-state index contributed by atoms with van der Waals surface area (Å²) >= 11 is 3.86. The quantitative estimate of drug-likeness (QED) is 0.694. The first-order valence-electron chi connectivity index (χ1n) is 5.87. The molecule has 0 bridgehead atoms. The molecule has 22 heavy (non-hydrogen) atoms. The summed E-state index contributed by atoms with van der Waals surface area (Å²) in [5.74, 6) is -2.23. The van der Waals surface area contributed by atoms with Gasteiger partial charge in [0.15, 0.2) is 0 Å². The number of aromatic nitrogens is 2. The molecule has 1 aromatic heterocycles. The molecule has 0 spiro atoms. The molecule has 1 aromatic carbocycles. The van der Waals surface area contributed by atoms with Gasteiger partial charge in [-0.3, -0.25) is 9.32 Å². The van der Waals surface area contributed by atoms with Gasteiger partial charge >= 0.3 is 11.9 Å². The number of carbonyl (C=O) groups is 1. The minimum atomic E-state index is -4.58. The molecule has 0 unspecified atom stereocenters. The summed E-state index contributed by atoms with van der Waals surface area (Å²) < 4.78 is 43.3. The number of hydrogen-bond donors (Lipinski definition) is 1. The molecule has 0 amide bonds. The van der Waals surface area contributed by atoms with E-state index in [4.69, 9.17) is 0 Å².